The molecule has 2 aromatic heterocycles. The number of imidazole rings is 1. The summed E-state index contributed by atoms with van der Waals surface area (Å²) in [7, 11) is 0. The van der Waals surface area contributed by atoms with E-state index in [-0.39, 0.29) is 11.1 Å². The maximum absolute atomic E-state index is 13.9. The summed E-state index contributed by atoms with van der Waals surface area (Å²) in [6, 6.07) is 3.43. The van der Waals surface area contributed by atoms with Gasteiger partial charge < -0.3 is 11.1 Å². The Morgan fingerprint density at radius 3 is 2.82 bits per heavy atom. The number of nitrogens with two attached hydrogens (primary N) is 1. The van der Waals surface area contributed by atoms with Gasteiger partial charge in [-0.25, -0.2) is 18.3 Å². The molecular weight excluding hydrogens is 308 g/mol. The first kappa shape index (κ1) is 14.9. The number of nitrogens with zero attached hydrogens (tertiary/aromatic N) is 3. The van der Waals surface area contributed by atoms with Gasteiger partial charge in [-0.15, -0.1) is 5.10 Å². The summed E-state index contributed by atoms with van der Waals surface area (Å²) >= 11 is 1.34. The largest absolute Gasteiger partial charge is 0.358 e. The zero-order chi connectivity index (χ0) is 15.9. The molecule has 0 bridgehead atoms. The van der Waals surface area contributed by atoms with Gasteiger partial charge in [0.05, 0.1) is 11.9 Å². The third kappa shape index (κ3) is 2.93. The molecule has 116 valence electrons. The van der Waals surface area contributed by atoms with Gasteiger partial charge in [-0.05, 0) is 26.0 Å². The summed E-state index contributed by atoms with van der Waals surface area (Å²) in [4.78, 5) is 4.83. The average Bonchev–Trinajstić information content (AvgIpc) is 2.96. The standard InChI is InChI=1S/C14H15F2N5S/c1-14(2,17)7-19-12-20-21-11(6-18-13(21)22-12)9-4-3-8(15)5-10(9)16/h3-6H,7,17H2,1-2H3,(H,19,20). The van der Waals surface area contributed by atoms with Crippen molar-refractivity contribution in [1.82, 2.24) is 14.6 Å². The highest BCUT2D eigenvalue weighted by molar-refractivity contribution is 7.20. The Morgan fingerprint density at radius 1 is 1.36 bits per heavy atom. The predicted molar refractivity (Wildman–Crippen MR) is 83.0 cm³/mol. The highest BCUT2D eigenvalue weighted by Crippen LogP contribution is 2.28. The molecule has 3 rings (SSSR count). The van der Waals surface area contributed by atoms with E-state index in [1.807, 2.05) is 13.8 Å². The molecule has 5 nitrogen and oxygen atoms in total. The SMILES string of the molecule is CC(C)(N)CNc1nn2c(-c3ccc(F)cc3F)cnc2s1. The number of hydrogen-bond acceptors (Lipinski definition) is 5. The summed E-state index contributed by atoms with van der Waals surface area (Å²) < 4.78 is 28.5. The molecule has 0 fully saturated rings. The van der Waals surface area contributed by atoms with E-state index < -0.39 is 11.6 Å². The van der Waals surface area contributed by atoms with Gasteiger partial charge >= 0.3 is 0 Å². The highest BCUT2D eigenvalue weighted by Gasteiger charge is 2.16. The number of benzene rings is 1. The number of hydrogen-bond donors (Lipinski definition) is 2. The first-order valence-electron chi connectivity index (χ1n) is 6.66. The van der Waals surface area contributed by atoms with Gasteiger partial charge in [-0.1, -0.05) is 11.3 Å². The van der Waals surface area contributed by atoms with Crippen molar-refractivity contribution >= 4 is 21.4 Å². The van der Waals surface area contributed by atoms with Crippen molar-refractivity contribution in [3.8, 4) is 11.3 Å². The van der Waals surface area contributed by atoms with Crippen LogP contribution in [-0.4, -0.2) is 26.7 Å². The van der Waals surface area contributed by atoms with E-state index in [2.05, 4.69) is 15.4 Å². The first-order valence-corrected chi connectivity index (χ1v) is 7.48. The lowest BCUT2D eigenvalue weighted by atomic mass is 10.1. The van der Waals surface area contributed by atoms with Gasteiger partial charge in [-0.3, -0.25) is 0 Å². The molecule has 3 aromatic rings. The number of fused-ring (bicyclic) bond motifs is 1. The lowest BCUT2D eigenvalue weighted by Crippen LogP contribution is -2.39. The Hall–Kier alpha value is -2.06. The van der Waals surface area contributed by atoms with Gasteiger partial charge in [-0.2, -0.15) is 0 Å². The van der Waals surface area contributed by atoms with E-state index in [9.17, 15) is 8.78 Å². The van der Waals surface area contributed by atoms with Crippen LogP contribution in [0.4, 0.5) is 13.9 Å². The van der Waals surface area contributed by atoms with Crippen molar-refractivity contribution in [2.75, 3.05) is 11.9 Å². The van der Waals surface area contributed by atoms with Crippen molar-refractivity contribution in [3.63, 3.8) is 0 Å². The maximum Gasteiger partial charge on any atom is 0.214 e. The molecule has 22 heavy (non-hydrogen) atoms. The normalized spacial score (nSPS) is 12.0. The molecule has 0 aliphatic heterocycles. The molecule has 0 saturated carbocycles. The van der Waals surface area contributed by atoms with E-state index in [1.165, 1.54) is 34.2 Å². The minimum Gasteiger partial charge on any atom is -0.358 e. The summed E-state index contributed by atoms with van der Waals surface area (Å²) in [5.74, 6) is -1.26. The van der Waals surface area contributed by atoms with Crippen LogP contribution in [0, 0.1) is 11.6 Å². The van der Waals surface area contributed by atoms with Crippen LogP contribution in [0.2, 0.25) is 0 Å². The van der Waals surface area contributed by atoms with Crippen molar-refractivity contribution in [2.45, 2.75) is 19.4 Å². The lowest BCUT2D eigenvalue weighted by Gasteiger charge is -2.17. The molecular formula is C14H15F2N5S. The molecule has 3 N–H and O–H groups in total. The number of halogens is 2. The van der Waals surface area contributed by atoms with Crippen LogP contribution in [0.15, 0.2) is 24.4 Å². The summed E-state index contributed by atoms with van der Waals surface area (Å²) in [5.41, 5.74) is 6.27. The first-order chi connectivity index (χ1) is 10.3. The van der Waals surface area contributed by atoms with Gasteiger partial charge in [0, 0.05) is 23.7 Å². The quantitative estimate of drug-likeness (QED) is 0.775. The summed E-state index contributed by atoms with van der Waals surface area (Å²) in [6.45, 7) is 4.35. The molecule has 0 radical (unpaired) electrons. The molecule has 0 spiro atoms. The fourth-order valence-corrected chi connectivity index (χ4v) is 2.72. The second kappa shape index (κ2) is 5.29. The molecule has 0 aliphatic carbocycles. The van der Waals surface area contributed by atoms with Crippen molar-refractivity contribution in [3.05, 3.63) is 36.0 Å². The van der Waals surface area contributed by atoms with Crippen LogP contribution in [-0.2, 0) is 0 Å². The van der Waals surface area contributed by atoms with E-state index in [0.717, 1.165) is 6.07 Å². The smallest absolute Gasteiger partial charge is 0.214 e. The average molecular weight is 323 g/mol. The summed E-state index contributed by atoms with van der Waals surface area (Å²) in [5, 5.41) is 8.14. The number of rotatable bonds is 4. The fourth-order valence-electron chi connectivity index (χ4n) is 1.95. The van der Waals surface area contributed by atoms with Gasteiger partial charge in [0.2, 0.25) is 10.1 Å². The minimum atomic E-state index is -0.646. The van der Waals surface area contributed by atoms with Crippen LogP contribution >= 0.6 is 11.3 Å². The number of aromatic nitrogens is 3. The third-order valence-corrected chi connectivity index (χ3v) is 3.87. The zero-order valence-electron chi connectivity index (χ0n) is 12.1. The van der Waals surface area contributed by atoms with Crippen molar-refractivity contribution in [2.24, 2.45) is 5.73 Å². The molecule has 0 amide bonds. The Labute approximate surface area is 129 Å². The zero-order valence-corrected chi connectivity index (χ0v) is 12.9. The van der Waals surface area contributed by atoms with E-state index >= 15 is 0 Å². The van der Waals surface area contributed by atoms with E-state index in [0.29, 0.717) is 22.3 Å². The van der Waals surface area contributed by atoms with Crippen LogP contribution in [0.1, 0.15) is 13.8 Å². The molecule has 1 aromatic carbocycles. The lowest BCUT2D eigenvalue weighted by molar-refractivity contribution is 0.549. The van der Waals surface area contributed by atoms with Crippen LogP contribution in [0.25, 0.3) is 16.2 Å². The second-order valence-corrected chi connectivity index (χ2v) is 6.67. The number of anilines is 1. The molecule has 8 heteroatoms. The third-order valence-electron chi connectivity index (χ3n) is 2.99. The Morgan fingerprint density at radius 2 is 2.14 bits per heavy atom. The molecule has 0 saturated heterocycles. The van der Waals surface area contributed by atoms with E-state index in [4.69, 9.17) is 5.73 Å². The van der Waals surface area contributed by atoms with Crippen LogP contribution in [0.5, 0.6) is 0 Å². The number of nitrogens with one attached hydrogen (secondary N) is 1. The minimum absolute atomic E-state index is 0.255. The van der Waals surface area contributed by atoms with Crippen LogP contribution < -0.4 is 11.1 Å². The topological polar surface area (TPSA) is 68.2 Å². The van der Waals surface area contributed by atoms with E-state index in [1.54, 1.807) is 0 Å². The maximum atomic E-state index is 13.9. The summed E-state index contributed by atoms with van der Waals surface area (Å²) in [6.07, 6.45) is 1.52. The van der Waals surface area contributed by atoms with Gasteiger partial charge in [0.15, 0.2) is 0 Å². The van der Waals surface area contributed by atoms with Crippen molar-refractivity contribution in [1.29, 1.82) is 0 Å². The molecule has 0 unspecified atom stereocenters. The van der Waals surface area contributed by atoms with Crippen LogP contribution in [0.3, 0.4) is 0 Å². The molecule has 0 atom stereocenters. The Bertz CT molecular complexity index is 818. The monoisotopic (exact) mass is 323 g/mol. The van der Waals surface area contributed by atoms with Gasteiger partial charge in [0.25, 0.3) is 0 Å². The molecule has 0 aliphatic rings. The van der Waals surface area contributed by atoms with Gasteiger partial charge in [0.1, 0.15) is 11.6 Å². The fraction of sp³-hybridized carbons (Fsp3) is 0.286. The molecule has 2 heterocycles. The predicted octanol–water partition coefficient (Wildman–Crippen LogP) is 2.89. The Kier molecular flexibility index (Phi) is 3.57. The highest BCUT2D eigenvalue weighted by atomic mass is 32.1. The van der Waals surface area contributed by atoms with Crippen molar-refractivity contribution < 1.29 is 8.78 Å². The Balaban J connectivity index is 1.96. The second-order valence-electron chi connectivity index (χ2n) is 5.71.